The average molecular weight is 260 g/mol. The van der Waals surface area contributed by atoms with Crippen LogP contribution in [0.5, 0.6) is 5.75 Å². The second kappa shape index (κ2) is 4.27. The van der Waals surface area contributed by atoms with E-state index in [-0.39, 0.29) is 23.2 Å². The van der Waals surface area contributed by atoms with E-state index in [2.05, 4.69) is 14.9 Å². The number of aromatic nitrogens is 2. The Morgan fingerprint density at radius 3 is 2.95 bits per heavy atom. The van der Waals surface area contributed by atoms with Crippen LogP contribution < -0.4 is 5.73 Å². The molecule has 3 N–H and O–H groups in total. The quantitative estimate of drug-likeness (QED) is 0.776. The molecule has 1 aromatic heterocycles. The average Bonchev–Trinajstić information content (AvgIpc) is 2.83. The van der Waals surface area contributed by atoms with Gasteiger partial charge in [-0.3, -0.25) is 4.79 Å². The number of aromatic hydroxyl groups is 1. The van der Waals surface area contributed by atoms with Crippen molar-refractivity contribution >= 4 is 11.7 Å². The number of phenolic OH excluding ortho intramolecular Hbond substituents is 1. The zero-order valence-corrected chi connectivity index (χ0v) is 10.0. The molecule has 7 heteroatoms. The van der Waals surface area contributed by atoms with Crippen molar-refractivity contribution < 1.29 is 14.5 Å². The molecule has 0 saturated heterocycles. The van der Waals surface area contributed by atoms with E-state index in [0.29, 0.717) is 13.1 Å². The van der Waals surface area contributed by atoms with Gasteiger partial charge in [0.15, 0.2) is 0 Å². The van der Waals surface area contributed by atoms with Crippen LogP contribution in [0.4, 0.5) is 5.82 Å². The first kappa shape index (κ1) is 11.5. The van der Waals surface area contributed by atoms with E-state index in [4.69, 9.17) is 5.73 Å². The van der Waals surface area contributed by atoms with Gasteiger partial charge in [0.25, 0.3) is 5.91 Å². The van der Waals surface area contributed by atoms with Gasteiger partial charge in [-0.25, -0.2) is 4.63 Å². The van der Waals surface area contributed by atoms with Crippen molar-refractivity contribution in [3.63, 3.8) is 0 Å². The van der Waals surface area contributed by atoms with Gasteiger partial charge in [0.05, 0.1) is 0 Å². The number of nitrogen functional groups attached to an aromatic ring is 1. The standard InChI is InChI=1S/C12H12N4O3/c13-11-10(14-19-15-11)12(18)16-4-3-7-1-2-9(17)5-8(7)6-16/h1-2,5,17H,3-4,6H2,(H2,13,15). The van der Waals surface area contributed by atoms with Crippen molar-refractivity contribution in [2.45, 2.75) is 13.0 Å². The smallest absolute Gasteiger partial charge is 0.280 e. The molecule has 1 amide bonds. The lowest BCUT2D eigenvalue weighted by atomic mass is 9.99. The summed E-state index contributed by atoms with van der Waals surface area (Å²) in [5.74, 6) is -0.130. The summed E-state index contributed by atoms with van der Waals surface area (Å²) in [7, 11) is 0. The van der Waals surface area contributed by atoms with Gasteiger partial charge in [-0.15, -0.1) is 0 Å². The second-order valence-electron chi connectivity index (χ2n) is 4.43. The molecule has 1 aliphatic rings. The summed E-state index contributed by atoms with van der Waals surface area (Å²) >= 11 is 0. The maximum absolute atomic E-state index is 12.2. The Kier molecular flexibility index (Phi) is 2.59. The molecule has 0 fully saturated rings. The number of fused-ring (bicyclic) bond motifs is 1. The van der Waals surface area contributed by atoms with Crippen molar-refractivity contribution in [1.82, 2.24) is 15.2 Å². The molecule has 0 radical (unpaired) electrons. The summed E-state index contributed by atoms with van der Waals surface area (Å²) in [6, 6.07) is 5.19. The predicted molar refractivity (Wildman–Crippen MR) is 65.3 cm³/mol. The van der Waals surface area contributed by atoms with E-state index in [0.717, 1.165) is 17.5 Å². The van der Waals surface area contributed by atoms with Crippen molar-refractivity contribution in [2.24, 2.45) is 0 Å². The van der Waals surface area contributed by atoms with Gasteiger partial charge in [-0.05, 0) is 40.0 Å². The molecule has 0 unspecified atom stereocenters. The molecule has 0 atom stereocenters. The van der Waals surface area contributed by atoms with Gasteiger partial charge in [-0.2, -0.15) is 0 Å². The number of anilines is 1. The zero-order chi connectivity index (χ0) is 13.4. The topological polar surface area (TPSA) is 105 Å². The number of benzene rings is 1. The van der Waals surface area contributed by atoms with Gasteiger partial charge in [-0.1, -0.05) is 6.07 Å². The number of carbonyl (C=O) groups excluding carboxylic acids is 1. The van der Waals surface area contributed by atoms with Crippen LogP contribution in [0.15, 0.2) is 22.8 Å². The summed E-state index contributed by atoms with van der Waals surface area (Å²) in [6.07, 6.45) is 0.729. The van der Waals surface area contributed by atoms with Crippen molar-refractivity contribution in [3.05, 3.63) is 35.0 Å². The molecule has 0 aliphatic carbocycles. The van der Waals surface area contributed by atoms with E-state index in [1.54, 1.807) is 17.0 Å². The Morgan fingerprint density at radius 2 is 2.21 bits per heavy atom. The van der Waals surface area contributed by atoms with E-state index < -0.39 is 0 Å². The minimum atomic E-state index is -0.312. The Balaban J connectivity index is 1.86. The molecule has 7 nitrogen and oxygen atoms in total. The summed E-state index contributed by atoms with van der Waals surface area (Å²) in [5, 5.41) is 16.4. The highest BCUT2D eigenvalue weighted by molar-refractivity contribution is 5.96. The third kappa shape index (κ3) is 1.99. The minimum absolute atomic E-state index is 0.00768. The first-order valence-corrected chi connectivity index (χ1v) is 5.83. The summed E-state index contributed by atoms with van der Waals surface area (Å²) < 4.78 is 4.43. The number of carbonyl (C=O) groups is 1. The maximum atomic E-state index is 12.2. The summed E-state index contributed by atoms with van der Waals surface area (Å²) in [4.78, 5) is 13.8. The molecule has 0 spiro atoms. The fourth-order valence-corrected chi connectivity index (χ4v) is 2.21. The normalized spacial score (nSPS) is 14.2. The minimum Gasteiger partial charge on any atom is -0.508 e. The molecule has 2 heterocycles. The third-order valence-corrected chi connectivity index (χ3v) is 3.21. The van der Waals surface area contributed by atoms with Crippen molar-refractivity contribution in [2.75, 3.05) is 12.3 Å². The maximum Gasteiger partial charge on any atom is 0.280 e. The van der Waals surface area contributed by atoms with Crippen molar-refractivity contribution in [1.29, 1.82) is 0 Å². The SMILES string of the molecule is Nc1nonc1C(=O)N1CCc2ccc(O)cc2C1. The Bertz CT molecular complexity index is 638. The van der Waals surface area contributed by atoms with Crippen LogP contribution in [-0.2, 0) is 13.0 Å². The lowest BCUT2D eigenvalue weighted by Crippen LogP contribution is -2.36. The van der Waals surface area contributed by atoms with Crippen LogP contribution in [0.2, 0.25) is 0 Å². The number of hydrogen-bond donors (Lipinski definition) is 2. The highest BCUT2D eigenvalue weighted by Gasteiger charge is 2.26. The van der Waals surface area contributed by atoms with E-state index in [9.17, 15) is 9.90 Å². The predicted octanol–water partition coefficient (Wildman–Crippen LogP) is 0.556. The number of amides is 1. The van der Waals surface area contributed by atoms with Crippen LogP contribution in [0.1, 0.15) is 21.6 Å². The molecule has 98 valence electrons. The molecular formula is C12H12N4O3. The summed E-state index contributed by atoms with van der Waals surface area (Å²) in [5.41, 5.74) is 7.60. The van der Waals surface area contributed by atoms with Crippen LogP contribution in [-0.4, -0.2) is 32.8 Å². The van der Waals surface area contributed by atoms with Crippen LogP contribution in [0.3, 0.4) is 0 Å². The first-order chi connectivity index (χ1) is 9.15. The molecule has 3 rings (SSSR count). The van der Waals surface area contributed by atoms with Crippen LogP contribution in [0.25, 0.3) is 0 Å². The van der Waals surface area contributed by atoms with E-state index in [1.165, 1.54) is 0 Å². The number of phenols is 1. The lowest BCUT2D eigenvalue weighted by molar-refractivity contribution is 0.0724. The largest absolute Gasteiger partial charge is 0.508 e. The number of nitrogens with zero attached hydrogens (tertiary/aromatic N) is 3. The molecular weight excluding hydrogens is 248 g/mol. The fourth-order valence-electron chi connectivity index (χ4n) is 2.21. The highest BCUT2D eigenvalue weighted by atomic mass is 16.6. The van der Waals surface area contributed by atoms with Gasteiger partial charge in [0.2, 0.25) is 11.5 Å². The zero-order valence-electron chi connectivity index (χ0n) is 10.0. The summed E-state index contributed by atoms with van der Waals surface area (Å²) in [6.45, 7) is 0.984. The monoisotopic (exact) mass is 260 g/mol. The molecule has 1 aromatic carbocycles. The molecule has 0 bridgehead atoms. The number of rotatable bonds is 1. The lowest BCUT2D eigenvalue weighted by Gasteiger charge is -2.28. The molecule has 2 aromatic rings. The third-order valence-electron chi connectivity index (χ3n) is 3.21. The Morgan fingerprint density at radius 1 is 1.37 bits per heavy atom. The first-order valence-electron chi connectivity index (χ1n) is 5.83. The van der Waals surface area contributed by atoms with Gasteiger partial charge < -0.3 is 15.7 Å². The van der Waals surface area contributed by atoms with E-state index >= 15 is 0 Å². The highest BCUT2D eigenvalue weighted by Crippen LogP contribution is 2.24. The Labute approximate surface area is 108 Å². The van der Waals surface area contributed by atoms with Crippen molar-refractivity contribution in [3.8, 4) is 5.75 Å². The molecule has 1 aliphatic heterocycles. The number of hydrogen-bond acceptors (Lipinski definition) is 6. The van der Waals surface area contributed by atoms with Crippen LogP contribution in [0, 0.1) is 0 Å². The molecule has 0 saturated carbocycles. The second-order valence-corrected chi connectivity index (χ2v) is 4.43. The van der Waals surface area contributed by atoms with E-state index in [1.807, 2.05) is 6.07 Å². The number of nitrogens with two attached hydrogens (primary N) is 1. The molecule has 19 heavy (non-hydrogen) atoms. The Hall–Kier alpha value is -2.57. The fraction of sp³-hybridized carbons (Fsp3) is 0.250. The van der Waals surface area contributed by atoms with Gasteiger partial charge in [0, 0.05) is 13.1 Å². The van der Waals surface area contributed by atoms with Crippen LogP contribution >= 0.6 is 0 Å². The van der Waals surface area contributed by atoms with Gasteiger partial charge in [0.1, 0.15) is 5.75 Å². The van der Waals surface area contributed by atoms with Gasteiger partial charge >= 0.3 is 0 Å².